The second kappa shape index (κ2) is 18.3. The third-order valence-corrected chi connectivity index (χ3v) is 7.53. The summed E-state index contributed by atoms with van der Waals surface area (Å²) in [5.41, 5.74) is 1.10. The third kappa shape index (κ3) is 10.7. The highest BCUT2D eigenvalue weighted by Crippen LogP contribution is 2.21. The fourth-order valence-corrected chi connectivity index (χ4v) is 4.90. The Bertz CT molecular complexity index is 1880. The summed E-state index contributed by atoms with van der Waals surface area (Å²) in [5, 5.41) is 0. The molecule has 0 spiro atoms. The molecular formula is C41H34O10. The molecule has 0 bridgehead atoms. The first kappa shape index (κ1) is 35.7. The van der Waals surface area contributed by atoms with Gasteiger partial charge in [0.05, 0.1) is 27.8 Å². The van der Waals surface area contributed by atoms with Gasteiger partial charge in [0.1, 0.15) is 25.4 Å². The smallest absolute Gasteiger partial charge is 0.338 e. The molecule has 0 aliphatic heterocycles. The zero-order valence-electron chi connectivity index (χ0n) is 27.4. The molecule has 5 aromatic rings. The van der Waals surface area contributed by atoms with Crippen molar-refractivity contribution in [3.63, 3.8) is 0 Å². The van der Waals surface area contributed by atoms with E-state index in [4.69, 9.17) is 23.7 Å². The topological polar surface area (TPSA) is 132 Å². The maximum atomic E-state index is 13.5. The van der Waals surface area contributed by atoms with Crippen LogP contribution in [0.5, 0.6) is 0 Å². The van der Waals surface area contributed by atoms with E-state index in [0.29, 0.717) is 0 Å². The van der Waals surface area contributed by atoms with Gasteiger partial charge in [0, 0.05) is 6.42 Å². The number of esters is 5. The zero-order valence-corrected chi connectivity index (χ0v) is 27.4. The predicted octanol–water partition coefficient (Wildman–Crippen LogP) is 6.77. The van der Waals surface area contributed by atoms with Gasteiger partial charge < -0.3 is 23.7 Å². The summed E-state index contributed by atoms with van der Waals surface area (Å²) in [6.07, 6.45) is -4.32. The highest BCUT2D eigenvalue weighted by molar-refractivity contribution is 5.92. The van der Waals surface area contributed by atoms with Crippen LogP contribution in [0.4, 0.5) is 0 Å². The fourth-order valence-electron chi connectivity index (χ4n) is 4.90. The molecule has 51 heavy (non-hydrogen) atoms. The average Bonchev–Trinajstić information content (AvgIpc) is 3.19. The molecule has 3 atom stereocenters. The molecule has 0 saturated carbocycles. The summed E-state index contributed by atoms with van der Waals surface area (Å²) in [6.45, 7) is -0.989. The number of benzene rings is 5. The summed E-state index contributed by atoms with van der Waals surface area (Å²) in [5.74, 6) is -3.71. The summed E-state index contributed by atoms with van der Waals surface area (Å²) in [6, 6.07) is 40.7. The fraction of sp³-hybridized carbons (Fsp3) is 0.146. The van der Waals surface area contributed by atoms with Gasteiger partial charge in [0.25, 0.3) is 0 Å². The minimum absolute atomic E-state index is 0.185. The van der Waals surface area contributed by atoms with Gasteiger partial charge in [-0.3, -0.25) is 0 Å². The van der Waals surface area contributed by atoms with Crippen LogP contribution >= 0.6 is 0 Å². The van der Waals surface area contributed by atoms with E-state index in [0.717, 1.165) is 0 Å². The number of ether oxygens (including phenoxy) is 5. The average molecular weight is 687 g/mol. The first-order valence-electron chi connectivity index (χ1n) is 16.1. The molecule has 0 aromatic heterocycles. The molecule has 0 saturated heterocycles. The Hall–Kier alpha value is -6.55. The summed E-state index contributed by atoms with van der Waals surface area (Å²) in [7, 11) is 0. The van der Waals surface area contributed by atoms with Gasteiger partial charge in [-0.1, -0.05) is 91.0 Å². The monoisotopic (exact) mass is 686 g/mol. The Morgan fingerprint density at radius 2 is 0.647 bits per heavy atom. The molecule has 0 fully saturated rings. The molecule has 0 heterocycles. The lowest BCUT2D eigenvalue weighted by molar-refractivity contribution is -0.0771. The highest BCUT2D eigenvalue weighted by atomic mass is 16.6. The van der Waals surface area contributed by atoms with Crippen molar-refractivity contribution in [2.24, 2.45) is 0 Å². The van der Waals surface area contributed by atoms with Crippen molar-refractivity contribution in [2.75, 3.05) is 13.2 Å². The quantitative estimate of drug-likeness (QED) is 0.0859. The van der Waals surface area contributed by atoms with Gasteiger partial charge in [-0.25, -0.2) is 24.0 Å². The van der Waals surface area contributed by atoms with Crippen molar-refractivity contribution < 1.29 is 47.7 Å². The molecule has 0 unspecified atom stereocenters. The number of rotatable bonds is 15. The largest absolute Gasteiger partial charge is 0.458 e. The van der Waals surface area contributed by atoms with E-state index in [1.807, 2.05) is 0 Å². The van der Waals surface area contributed by atoms with Gasteiger partial charge in [-0.15, -0.1) is 0 Å². The van der Waals surface area contributed by atoms with Crippen LogP contribution in [0.2, 0.25) is 0 Å². The molecule has 10 heteroatoms. The molecule has 10 nitrogen and oxygen atoms in total. The standard InChI is InChI=1S/C41H34O10/c42-37(29-16-6-1-7-17-29)47-27-34(49-39(44)31-20-10-3-11-21-31)26-35(50-40(45)32-22-12-4-13-23-32)36(51-41(46)33-24-14-5-15-25-33)28-48-38(43)30-18-8-2-9-19-30/h1-25,34-36H,26-28H2/t34-,35+,36-/m0/s1. The van der Waals surface area contributed by atoms with Crippen LogP contribution in [0.25, 0.3) is 0 Å². The van der Waals surface area contributed by atoms with Crippen molar-refractivity contribution >= 4 is 29.8 Å². The number of carbonyl (C=O) groups excluding carboxylic acids is 5. The third-order valence-electron chi connectivity index (χ3n) is 7.53. The van der Waals surface area contributed by atoms with Crippen molar-refractivity contribution in [1.29, 1.82) is 0 Å². The lowest BCUT2D eigenvalue weighted by Crippen LogP contribution is -2.43. The SMILES string of the molecule is O=C(OC[C@H](C[C@@H](OC(=O)c1ccccc1)[C@H](COC(=O)c1ccccc1)OC(=O)c1ccccc1)OC(=O)c1ccccc1)c1ccccc1. The van der Waals surface area contributed by atoms with Crippen molar-refractivity contribution in [3.8, 4) is 0 Å². The van der Waals surface area contributed by atoms with Crippen LogP contribution in [0.1, 0.15) is 58.2 Å². The maximum Gasteiger partial charge on any atom is 0.338 e. The van der Waals surface area contributed by atoms with Gasteiger partial charge in [0.2, 0.25) is 0 Å². The van der Waals surface area contributed by atoms with Crippen molar-refractivity contribution in [3.05, 3.63) is 179 Å². The minimum Gasteiger partial charge on any atom is -0.458 e. The molecule has 0 aliphatic rings. The van der Waals surface area contributed by atoms with Crippen LogP contribution in [0, 0.1) is 0 Å². The molecule has 0 radical (unpaired) electrons. The molecule has 258 valence electrons. The number of carbonyl (C=O) groups is 5. The lowest BCUT2D eigenvalue weighted by Gasteiger charge is -2.29. The minimum atomic E-state index is -1.40. The van der Waals surface area contributed by atoms with E-state index in [-0.39, 0.29) is 34.2 Å². The van der Waals surface area contributed by atoms with Crippen LogP contribution in [0.3, 0.4) is 0 Å². The Morgan fingerprint density at radius 3 is 1.02 bits per heavy atom. The van der Waals surface area contributed by atoms with Crippen molar-refractivity contribution in [1.82, 2.24) is 0 Å². The van der Waals surface area contributed by atoms with E-state index in [1.165, 1.54) is 24.3 Å². The van der Waals surface area contributed by atoms with Crippen molar-refractivity contribution in [2.45, 2.75) is 24.7 Å². The first-order valence-corrected chi connectivity index (χ1v) is 16.1. The van der Waals surface area contributed by atoms with E-state index < -0.39 is 61.4 Å². The van der Waals surface area contributed by atoms with Crippen LogP contribution in [-0.2, 0) is 23.7 Å². The lowest BCUT2D eigenvalue weighted by atomic mass is 10.1. The Balaban J connectivity index is 1.47. The Kier molecular flexibility index (Phi) is 12.8. The summed E-state index contributed by atoms with van der Waals surface area (Å²) >= 11 is 0. The number of hydrogen-bond donors (Lipinski definition) is 0. The summed E-state index contributed by atoms with van der Waals surface area (Å²) < 4.78 is 28.8. The Labute approximate surface area is 294 Å². The molecular weight excluding hydrogens is 652 g/mol. The second-order valence-electron chi connectivity index (χ2n) is 11.2. The second-order valence-corrected chi connectivity index (χ2v) is 11.2. The molecule has 5 aromatic carbocycles. The Morgan fingerprint density at radius 1 is 0.353 bits per heavy atom. The zero-order chi connectivity index (χ0) is 35.8. The van der Waals surface area contributed by atoms with Gasteiger partial charge in [-0.05, 0) is 60.7 Å². The molecule has 0 N–H and O–H groups in total. The normalized spacial score (nSPS) is 12.3. The maximum absolute atomic E-state index is 13.5. The van der Waals surface area contributed by atoms with E-state index in [2.05, 4.69) is 0 Å². The molecule has 5 rings (SSSR count). The first-order chi connectivity index (χ1) is 24.9. The molecule has 0 amide bonds. The number of hydrogen-bond acceptors (Lipinski definition) is 10. The van der Waals surface area contributed by atoms with E-state index >= 15 is 0 Å². The molecule has 0 aliphatic carbocycles. The van der Waals surface area contributed by atoms with Gasteiger partial charge in [-0.2, -0.15) is 0 Å². The van der Waals surface area contributed by atoms with Gasteiger partial charge in [0.15, 0.2) is 6.10 Å². The summed E-state index contributed by atoms with van der Waals surface area (Å²) in [4.78, 5) is 66.1. The van der Waals surface area contributed by atoms with Crippen LogP contribution in [0.15, 0.2) is 152 Å². The predicted molar refractivity (Wildman–Crippen MR) is 185 cm³/mol. The van der Waals surface area contributed by atoms with E-state index in [1.54, 1.807) is 127 Å². The highest BCUT2D eigenvalue weighted by Gasteiger charge is 2.35. The van der Waals surface area contributed by atoms with E-state index in [9.17, 15) is 24.0 Å². The van der Waals surface area contributed by atoms with Crippen LogP contribution in [-0.4, -0.2) is 61.4 Å². The van der Waals surface area contributed by atoms with Crippen LogP contribution < -0.4 is 0 Å². The van der Waals surface area contributed by atoms with Gasteiger partial charge >= 0.3 is 29.8 Å².